The van der Waals surface area contributed by atoms with Crippen LogP contribution in [0, 0.1) is 5.92 Å². The predicted octanol–water partition coefficient (Wildman–Crippen LogP) is 3.14. The standard InChI is InChI=1S/C16H18N2O3S2/c1-11(18-23(20,21)15-3-2-10-22-15)12-6-8-14(9-7-12)17-16(19)13-4-5-13/h2-3,6-11,13,18H,4-5H2,1H3,(H,17,19). The van der Waals surface area contributed by atoms with E-state index in [0.29, 0.717) is 4.21 Å². The highest BCUT2D eigenvalue weighted by Gasteiger charge is 2.29. The van der Waals surface area contributed by atoms with Gasteiger partial charge in [-0.05, 0) is 48.9 Å². The van der Waals surface area contributed by atoms with Gasteiger partial charge in [-0.15, -0.1) is 11.3 Å². The maximum atomic E-state index is 12.2. The number of benzene rings is 1. The van der Waals surface area contributed by atoms with E-state index in [2.05, 4.69) is 10.0 Å². The Morgan fingerprint density at radius 3 is 2.48 bits per heavy atom. The number of hydrogen-bond acceptors (Lipinski definition) is 4. The molecule has 2 N–H and O–H groups in total. The van der Waals surface area contributed by atoms with Crippen molar-refractivity contribution in [2.45, 2.75) is 30.0 Å². The highest BCUT2D eigenvalue weighted by atomic mass is 32.2. The van der Waals surface area contributed by atoms with Gasteiger partial charge < -0.3 is 5.32 Å². The summed E-state index contributed by atoms with van der Waals surface area (Å²) in [4.78, 5) is 11.7. The molecule has 1 saturated carbocycles. The summed E-state index contributed by atoms with van der Waals surface area (Å²) in [6, 6.07) is 10.2. The number of anilines is 1. The van der Waals surface area contributed by atoms with Crippen LogP contribution in [0.4, 0.5) is 5.69 Å². The monoisotopic (exact) mass is 350 g/mol. The maximum absolute atomic E-state index is 12.2. The summed E-state index contributed by atoms with van der Waals surface area (Å²) < 4.78 is 27.4. The number of amides is 1. The highest BCUT2D eigenvalue weighted by Crippen LogP contribution is 2.30. The maximum Gasteiger partial charge on any atom is 0.250 e. The van der Waals surface area contributed by atoms with Gasteiger partial charge in [0.25, 0.3) is 10.0 Å². The second-order valence-corrected chi connectivity index (χ2v) is 8.55. The largest absolute Gasteiger partial charge is 0.326 e. The van der Waals surface area contributed by atoms with Gasteiger partial charge in [-0.3, -0.25) is 4.79 Å². The topological polar surface area (TPSA) is 75.3 Å². The summed E-state index contributed by atoms with van der Waals surface area (Å²) in [5.41, 5.74) is 1.58. The Labute approximate surface area is 139 Å². The van der Waals surface area contributed by atoms with E-state index in [1.165, 1.54) is 11.3 Å². The third kappa shape index (κ3) is 3.99. The molecular formula is C16H18N2O3S2. The minimum Gasteiger partial charge on any atom is -0.326 e. The van der Waals surface area contributed by atoms with Gasteiger partial charge in [-0.25, -0.2) is 13.1 Å². The molecule has 23 heavy (non-hydrogen) atoms. The lowest BCUT2D eigenvalue weighted by Crippen LogP contribution is -2.26. The van der Waals surface area contributed by atoms with Crippen LogP contribution < -0.4 is 10.0 Å². The number of sulfonamides is 1. The number of thiophene rings is 1. The van der Waals surface area contributed by atoms with Crippen molar-refractivity contribution in [1.82, 2.24) is 4.72 Å². The van der Waals surface area contributed by atoms with Gasteiger partial charge in [-0.1, -0.05) is 18.2 Å². The minimum atomic E-state index is -3.50. The van der Waals surface area contributed by atoms with Crippen molar-refractivity contribution in [2.24, 2.45) is 5.92 Å². The van der Waals surface area contributed by atoms with E-state index in [9.17, 15) is 13.2 Å². The van der Waals surface area contributed by atoms with E-state index in [4.69, 9.17) is 0 Å². The molecule has 1 aliphatic carbocycles. The fourth-order valence-electron chi connectivity index (χ4n) is 2.22. The van der Waals surface area contributed by atoms with Crippen molar-refractivity contribution in [3.8, 4) is 0 Å². The first-order chi connectivity index (χ1) is 11.0. The quantitative estimate of drug-likeness (QED) is 0.840. The molecule has 1 aliphatic rings. The molecule has 5 nitrogen and oxygen atoms in total. The molecule has 1 unspecified atom stereocenters. The molecule has 3 rings (SSSR count). The molecule has 122 valence electrons. The second-order valence-electron chi connectivity index (χ2n) is 5.66. The first kappa shape index (κ1) is 16.2. The van der Waals surface area contributed by atoms with Crippen LogP contribution in [0.1, 0.15) is 31.4 Å². The number of carbonyl (C=O) groups is 1. The lowest BCUT2D eigenvalue weighted by molar-refractivity contribution is -0.117. The van der Waals surface area contributed by atoms with Crippen LogP contribution >= 0.6 is 11.3 Å². The second kappa shape index (κ2) is 6.43. The molecule has 0 radical (unpaired) electrons. The van der Waals surface area contributed by atoms with Crippen LogP contribution in [0.5, 0.6) is 0 Å². The van der Waals surface area contributed by atoms with Gasteiger partial charge in [0, 0.05) is 17.6 Å². The fourth-order valence-corrected chi connectivity index (χ4v) is 4.46. The summed E-state index contributed by atoms with van der Waals surface area (Å²) >= 11 is 1.19. The number of hydrogen-bond donors (Lipinski definition) is 2. The minimum absolute atomic E-state index is 0.0594. The SMILES string of the molecule is CC(NS(=O)(=O)c1cccs1)c1ccc(NC(=O)C2CC2)cc1. The van der Waals surface area contributed by atoms with Crippen LogP contribution in [0.3, 0.4) is 0 Å². The first-order valence-electron chi connectivity index (χ1n) is 7.42. The van der Waals surface area contributed by atoms with E-state index in [1.807, 2.05) is 12.1 Å². The highest BCUT2D eigenvalue weighted by molar-refractivity contribution is 7.91. The summed E-state index contributed by atoms with van der Waals surface area (Å²) in [6.45, 7) is 1.79. The molecule has 0 bridgehead atoms. The van der Waals surface area contributed by atoms with Gasteiger partial charge in [0.05, 0.1) is 0 Å². The molecule has 1 amide bonds. The Morgan fingerprint density at radius 1 is 1.22 bits per heavy atom. The van der Waals surface area contributed by atoms with Gasteiger partial charge in [0.15, 0.2) is 0 Å². The van der Waals surface area contributed by atoms with Gasteiger partial charge >= 0.3 is 0 Å². The van der Waals surface area contributed by atoms with Gasteiger partial charge in [-0.2, -0.15) is 0 Å². The summed E-state index contributed by atoms with van der Waals surface area (Å²) in [5, 5.41) is 4.60. The Kier molecular flexibility index (Phi) is 4.52. The lowest BCUT2D eigenvalue weighted by Gasteiger charge is -2.14. The van der Waals surface area contributed by atoms with Crippen LogP contribution in [0.15, 0.2) is 46.0 Å². The fraction of sp³-hybridized carbons (Fsp3) is 0.312. The molecule has 1 fully saturated rings. The third-order valence-corrected chi connectivity index (χ3v) is 6.66. The molecule has 0 saturated heterocycles. The van der Waals surface area contributed by atoms with Crippen molar-refractivity contribution in [3.05, 3.63) is 47.3 Å². The predicted molar refractivity (Wildman–Crippen MR) is 90.9 cm³/mol. The summed E-state index contributed by atoms with van der Waals surface area (Å²) in [5.74, 6) is 0.218. The number of nitrogens with one attached hydrogen (secondary N) is 2. The van der Waals surface area contributed by atoms with Crippen LogP contribution in [0.25, 0.3) is 0 Å². The number of rotatable bonds is 6. The normalized spacial score (nSPS) is 16.0. The Morgan fingerprint density at radius 2 is 1.91 bits per heavy atom. The first-order valence-corrected chi connectivity index (χ1v) is 9.78. The molecule has 1 aromatic carbocycles. The van der Waals surface area contributed by atoms with Crippen molar-refractivity contribution in [3.63, 3.8) is 0 Å². The molecule has 1 atom stereocenters. The van der Waals surface area contributed by atoms with Crippen molar-refractivity contribution >= 4 is 33.0 Å². The molecule has 0 spiro atoms. The zero-order valence-electron chi connectivity index (χ0n) is 12.7. The smallest absolute Gasteiger partial charge is 0.250 e. The Balaban J connectivity index is 1.65. The average Bonchev–Trinajstić information content (AvgIpc) is 3.21. The zero-order valence-corrected chi connectivity index (χ0v) is 14.3. The Hall–Kier alpha value is -1.70. The van der Waals surface area contributed by atoms with E-state index in [1.54, 1.807) is 36.6 Å². The van der Waals surface area contributed by atoms with Crippen LogP contribution in [-0.4, -0.2) is 14.3 Å². The van der Waals surface area contributed by atoms with E-state index in [0.717, 1.165) is 24.1 Å². The van der Waals surface area contributed by atoms with E-state index in [-0.39, 0.29) is 17.9 Å². The van der Waals surface area contributed by atoms with Crippen molar-refractivity contribution in [2.75, 3.05) is 5.32 Å². The average molecular weight is 350 g/mol. The molecule has 7 heteroatoms. The van der Waals surface area contributed by atoms with Gasteiger partial charge in [0.1, 0.15) is 4.21 Å². The van der Waals surface area contributed by atoms with Crippen LogP contribution in [0.2, 0.25) is 0 Å². The van der Waals surface area contributed by atoms with Crippen LogP contribution in [-0.2, 0) is 14.8 Å². The molecule has 1 heterocycles. The molecule has 2 aromatic rings. The number of carbonyl (C=O) groups excluding carboxylic acids is 1. The summed E-state index contributed by atoms with van der Waals surface area (Å²) in [6.07, 6.45) is 1.93. The molecular weight excluding hydrogens is 332 g/mol. The lowest BCUT2D eigenvalue weighted by atomic mass is 10.1. The van der Waals surface area contributed by atoms with Crippen molar-refractivity contribution < 1.29 is 13.2 Å². The van der Waals surface area contributed by atoms with Crippen molar-refractivity contribution in [1.29, 1.82) is 0 Å². The Bertz CT molecular complexity index is 779. The molecule has 1 aromatic heterocycles. The third-order valence-electron chi connectivity index (χ3n) is 3.72. The summed E-state index contributed by atoms with van der Waals surface area (Å²) in [7, 11) is -3.50. The zero-order chi connectivity index (χ0) is 16.4. The molecule has 0 aliphatic heterocycles. The van der Waals surface area contributed by atoms with Gasteiger partial charge in [0.2, 0.25) is 5.91 Å². The van der Waals surface area contributed by atoms with E-state index >= 15 is 0 Å². The van der Waals surface area contributed by atoms with E-state index < -0.39 is 10.0 Å².